The Bertz CT molecular complexity index is 1010. The fraction of sp³-hybridized carbons (Fsp3) is 0.333. The molecule has 1 heterocycles. The minimum absolute atomic E-state index is 0.0692. The Morgan fingerprint density at radius 1 is 0.938 bits per heavy atom. The van der Waals surface area contributed by atoms with E-state index < -0.39 is 11.7 Å². The molecule has 1 unspecified atom stereocenters. The molecule has 170 valence electrons. The van der Waals surface area contributed by atoms with Gasteiger partial charge in [0.2, 0.25) is 5.95 Å². The maximum Gasteiger partial charge on any atom is 0.421 e. The van der Waals surface area contributed by atoms with Gasteiger partial charge in [-0.2, -0.15) is 18.2 Å². The third-order valence-electron chi connectivity index (χ3n) is 5.03. The summed E-state index contributed by atoms with van der Waals surface area (Å²) in [4.78, 5) is 7.95. The lowest BCUT2D eigenvalue weighted by Gasteiger charge is -2.15. The number of aromatic nitrogens is 2. The van der Waals surface area contributed by atoms with E-state index in [0.29, 0.717) is 29.6 Å². The van der Waals surface area contributed by atoms with Gasteiger partial charge in [-0.05, 0) is 60.7 Å². The number of rotatable bonds is 9. The molecule has 0 amide bonds. The van der Waals surface area contributed by atoms with E-state index in [1.54, 1.807) is 24.3 Å². The first-order valence-electron chi connectivity index (χ1n) is 10.6. The van der Waals surface area contributed by atoms with Crippen molar-refractivity contribution in [2.24, 2.45) is 0 Å². The standard InChI is InChI=1S/C24H27F3N4O/c1-4-14-32-20-12-10-18(11-13-20)29-22-21(24(25,26)27)15-28-23(31-22)30-19-8-6-17(7-9-19)16(3)5-2/h6-13,15-16H,4-5,14H2,1-3H3,(H2,28,29,30,31). The number of hydrogen-bond acceptors (Lipinski definition) is 5. The number of alkyl halides is 3. The number of nitrogens with zero attached hydrogens (tertiary/aromatic N) is 2. The fourth-order valence-corrected chi connectivity index (χ4v) is 3.00. The molecule has 32 heavy (non-hydrogen) atoms. The normalized spacial score (nSPS) is 12.3. The summed E-state index contributed by atoms with van der Waals surface area (Å²) in [7, 11) is 0. The van der Waals surface area contributed by atoms with Gasteiger partial charge >= 0.3 is 6.18 Å². The van der Waals surface area contributed by atoms with Crippen molar-refractivity contribution < 1.29 is 17.9 Å². The SMILES string of the molecule is CCCOc1ccc(Nc2nc(Nc3ccc(C(C)CC)cc3)ncc2C(F)(F)F)cc1. The van der Waals surface area contributed by atoms with Crippen LogP contribution in [0, 0.1) is 0 Å². The molecule has 0 bridgehead atoms. The second-order valence-electron chi connectivity index (χ2n) is 7.51. The Hall–Kier alpha value is -3.29. The molecule has 0 aliphatic rings. The summed E-state index contributed by atoms with van der Waals surface area (Å²) >= 11 is 0. The molecule has 5 nitrogen and oxygen atoms in total. The van der Waals surface area contributed by atoms with Crippen LogP contribution in [-0.2, 0) is 6.18 Å². The summed E-state index contributed by atoms with van der Waals surface area (Å²) in [5.74, 6) is 0.827. The van der Waals surface area contributed by atoms with Crippen molar-refractivity contribution in [3.05, 3.63) is 65.9 Å². The summed E-state index contributed by atoms with van der Waals surface area (Å²) in [5, 5.41) is 5.73. The fourth-order valence-electron chi connectivity index (χ4n) is 3.00. The summed E-state index contributed by atoms with van der Waals surface area (Å²) in [6.07, 6.45) is -1.92. The Morgan fingerprint density at radius 2 is 1.56 bits per heavy atom. The highest BCUT2D eigenvalue weighted by molar-refractivity contribution is 5.63. The minimum Gasteiger partial charge on any atom is -0.494 e. The Balaban J connectivity index is 1.82. The van der Waals surface area contributed by atoms with Gasteiger partial charge in [-0.15, -0.1) is 0 Å². The monoisotopic (exact) mass is 444 g/mol. The van der Waals surface area contributed by atoms with E-state index in [0.717, 1.165) is 19.0 Å². The van der Waals surface area contributed by atoms with E-state index in [1.807, 2.05) is 31.2 Å². The Kier molecular flexibility index (Phi) is 7.56. The Morgan fingerprint density at radius 3 is 2.16 bits per heavy atom. The molecule has 0 radical (unpaired) electrons. The molecule has 0 saturated carbocycles. The predicted octanol–water partition coefficient (Wildman–Crippen LogP) is 7.28. The van der Waals surface area contributed by atoms with Crippen molar-refractivity contribution in [1.82, 2.24) is 9.97 Å². The van der Waals surface area contributed by atoms with Gasteiger partial charge in [0.25, 0.3) is 0 Å². The summed E-state index contributed by atoms with van der Waals surface area (Å²) in [6.45, 7) is 6.83. The average molecular weight is 445 g/mol. The lowest BCUT2D eigenvalue weighted by molar-refractivity contribution is -0.137. The molecule has 3 aromatic rings. The van der Waals surface area contributed by atoms with Gasteiger partial charge in [0.1, 0.15) is 17.1 Å². The number of ether oxygens (including phenoxy) is 1. The highest BCUT2D eigenvalue weighted by atomic mass is 19.4. The first-order valence-corrected chi connectivity index (χ1v) is 10.6. The third-order valence-corrected chi connectivity index (χ3v) is 5.03. The number of anilines is 4. The van der Waals surface area contributed by atoms with Crippen LogP contribution in [0.4, 0.5) is 36.3 Å². The molecule has 1 atom stereocenters. The van der Waals surface area contributed by atoms with Crippen LogP contribution in [0.2, 0.25) is 0 Å². The lowest BCUT2D eigenvalue weighted by Crippen LogP contribution is -2.12. The van der Waals surface area contributed by atoms with Crippen molar-refractivity contribution in [3.8, 4) is 5.75 Å². The van der Waals surface area contributed by atoms with E-state index in [4.69, 9.17) is 4.74 Å². The molecule has 0 fully saturated rings. The molecule has 0 aliphatic heterocycles. The number of halogens is 3. The molecule has 0 spiro atoms. The summed E-state index contributed by atoms with van der Waals surface area (Å²) < 4.78 is 46.0. The van der Waals surface area contributed by atoms with E-state index in [1.165, 1.54) is 5.56 Å². The van der Waals surface area contributed by atoms with Crippen LogP contribution >= 0.6 is 0 Å². The van der Waals surface area contributed by atoms with Gasteiger partial charge in [0, 0.05) is 17.6 Å². The smallest absolute Gasteiger partial charge is 0.421 e. The number of benzene rings is 2. The quantitative estimate of drug-likeness (QED) is 0.363. The van der Waals surface area contributed by atoms with Gasteiger partial charge in [0.05, 0.1) is 6.61 Å². The van der Waals surface area contributed by atoms with Crippen molar-refractivity contribution in [2.45, 2.75) is 45.7 Å². The molecule has 8 heteroatoms. The van der Waals surface area contributed by atoms with Crippen molar-refractivity contribution >= 4 is 23.1 Å². The van der Waals surface area contributed by atoms with Crippen LogP contribution in [0.5, 0.6) is 5.75 Å². The van der Waals surface area contributed by atoms with Crippen LogP contribution < -0.4 is 15.4 Å². The number of hydrogen-bond donors (Lipinski definition) is 2. The average Bonchev–Trinajstić information content (AvgIpc) is 2.78. The van der Waals surface area contributed by atoms with E-state index in [-0.39, 0.29) is 11.8 Å². The van der Waals surface area contributed by atoms with Crippen LogP contribution in [0.15, 0.2) is 54.7 Å². The molecule has 0 saturated heterocycles. The second-order valence-corrected chi connectivity index (χ2v) is 7.51. The first-order chi connectivity index (χ1) is 15.3. The maximum absolute atomic E-state index is 13.5. The summed E-state index contributed by atoms with van der Waals surface area (Å²) in [6, 6.07) is 14.4. The zero-order valence-corrected chi connectivity index (χ0v) is 18.3. The summed E-state index contributed by atoms with van der Waals surface area (Å²) in [5.41, 5.74) is 1.41. The topological polar surface area (TPSA) is 59.1 Å². The van der Waals surface area contributed by atoms with E-state index >= 15 is 0 Å². The minimum atomic E-state index is -4.59. The van der Waals surface area contributed by atoms with Gasteiger partial charge in [-0.1, -0.05) is 32.9 Å². The lowest BCUT2D eigenvalue weighted by atomic mass is 9.99. The molecule has 3 rings (SSSR count). The van der Waals surface area contributed by atoms with Gasteiger partial charge in [-0.3, -0.25) is 0 Å². The van der Waals surface area contributed by atoms with Crippen molar-refractivity contribution in [2.75, 3.05) is 17.2 Å². The van der Waals surface area contributed by atoms with E-state index in [2.05, 4.69) is 34.4 Å². The molecule has 0 aliphatic carbocycles. The van der Waals surface area contributed by atoms with Crippen molar-refractivity contribution in [1.29, 1.82) is 0 Å². The van der Waals surface area contributed by atoms with Crippen LogP contribution in [0.3, 0.4) is 0 Å². The first kappa shape index (κ1) is 23.4. The zero-order chi connectivity index (χ0) is 23.1. The zero-order valence-electron chi connectivity index (χ0n) is 18.3. The second kappa shape index (κ2) is 10.3. The van der Waals surface area contributed by atoms with Crippen molar-refractivity contribution in [3.63, 3.8) is 0 Å². The van der Waals surface area contributed by atoms with Gasteiger partial charge < -0.3 is 15.4 Å². The molecule has 2 N–H and O–H groups in total. The molecule has 1 aromatic heterocycles. The molecular formula is C24H27F3N4O. The van der Waals surface area contributed by atoms with Crippen LogP contribution in [0.1, 0.15) is 50.7 Å². The highest BCUT2D eigenvalue weighted by Crippen LogP contribution is 2.35. The molecular weight excluding hydrogens is 417 g/mol. The van der Waals surface area contributed by atoms with Gasteiger partial charge in [0.15, 0.2) is 0 Å². The largest absolute Gasteiger partial charge is 0.494 e. The van der Waals surface area contributed by atoms with Crippen LogP contribution in [0.25, 0.3) is 0 Å². The predicted molar refractivity (Wildman–Crippen MR) is 121 cm³/mol. The van der Waals surface area contributed by atoms with Gasteiger partial charge in [-0.25, -0.2) is 4.98 Å². The highest BCUT2D eigenvalue weighted by Gasteiger charge is 2.35. The van der Waals surface area contributed by atoms with Crippen LogP contribution in [-0.4, -0.2) is 16.6 Å². The molecule has 2 aromatic carbocycles. The maximum atomic E-state index is 13.5. The third kappa shape index (κ3) is 6.12. The number of nitrogens with one attached hydrogen (secondary N) is 2. The Labute approximate surface area is 186 Å². The van der Waals surface area contributed by atoms with E-state index in [9.17, 15) is 13.2 Å².